The molecular weight excluding hydrogens is 665 g/mol. The lowest BCUT2D eigenvalue weighted by Crippen LogP contribution is -2.31. The molecule has 4 heterocycles. The van der Waals surface area contributed by atoms with E-state index in [2.05, 4.69) is 53.3 Å². The minimum absolute atomic E-state index is 0.404. The van der Waals surface area contributed by atoms with Crippen LogP contribution in [0.25, 0.3) is 44.6 Å². The molecule has 0 unspecified atom stereocenters. The van der Waals surface area contributed by atoms with Crippen molar-refractivity contribution in [1.29, 1.82) is 5.26 Å². The van der Waals surface area contributed by atoms with Crippen molar-refractivity contribution in [3.63, 3.8) is 0 Å². The van der Waals surface area contributed by atoms with Crippen molar-refractivity contribution in [1.82, 2.24) is 19.9 Å². The monoisotopic (exact) mass is 706 g/mol. The molecule has 1 saturated heterocycles. The number of benzene rings is 3. The van der Waals surface area contributed by atoms with E-state index < -0.39 is 17.0 Å². The molecule has 0 amide bonds. The summed E-state index contributed by atoms with van der Waals surface area (Å²) in [6, 6.07) is 22.4. The van der Waals surface area contributed by atoms with Crippen molar-refractivity contribution < 1.29 is 19.4 Å². The van der Waals surface area contributed by atoms with E-state index in [0.717, 1.165) is 87.6 Å². The van der Waals surface area contributed by atoms with Gasteiger partial charge < -0.3 is 19.9 Å². The van der Waals surface area contributed by atoms with Crippen LogP contribution in [0.3, 0.4) is 0 Å². The number of hydrogen-bond donors (Lipinski definition) is 3. The van der Waals surface area contributed by atoms with E-state index in [1.54, 1.807) is 13.1 Å². The molecule has 0 radical (unpaired) electrons. The fourth-order valence-corrected chi connectivity index (χ4v) is 7.70. The molecule has 1 aliphatic carbocycles. The van der Waals surface area contributed by atoms with E-state index in [1.165, 1.54) is 0 Å². The number of fused-ring (bicyclic) bond motifs is 2. The van der Waals surface area contributed by atoms with E-state index in [-0.39, 0.29) is 0 Å². The van der Waals surface area contributed by atoms with E-state index in [4.69, 9.17) is 14.4 Å². The second kappa shape index (κ2) is 13.4. The number of aliphatic carboxylic acids is 1. The number of nitrogens with one attached hydrogen (secondary N) is 1. The zero-order valence-corrected chi connectivity index (χ0v) is 30.2. The molecule has 1 saturated carbocycles. The molecule has 10 heteroatoms. The lowest BCUT2D eigenvalue weighted by molar-refractivity contribution is -0.147. The summed E-state index contributed by atoms with van der Waals surface area (Å²) in [4.78, 5) is 28.2. The number of carboxylic acid groups (broad SMARTS) is 1. The first-order valence-corrected chi connectivity index (χ1v) is 18.2. The van der Waals surface area contributed by atoms with Crippen LogP contribution in [-0.4, -0.2) is 54.7 Å². The molecule has 53 heavy (non-hydrogen) atoms. The van der Waals surface area contributed by atoms with Crippen molar-refractivity contribution >= 4 is 39.5 Å². The average Bonchev–Trinajstić information content (AvgIpc) is 3.52. The van der Waals surface area contributed by atoms with Gasteiger partial charge in [0.15, 0.2) is 11.4 Å². The fraction of sp³-hybridized carbons (Fsp3) is 0.326. The quantitative estimate of drug-likeness (QED) is 0.120. The van der Waals surface area contributed by atoms with Crippen molar-refractivity contribution in [3.8, 4) is 28.7 Å². The van der Waals surface area contributed by atoms with Crippen LogP contribution in [0.15, 0.2) is 77.5 Å². The summed E-state index contributed by atoms with van der Waals surface area (Å²) in [6.45, 7) is 7.60. The number of likely N-dealkylation sites (tertiary alicyclic amines) is 1. The molecule has 1 atom stereocenters. The van der Waals surface area contributed by atoms with Crippen molar-refractivity contribution in [2.45, 2.75) is 71.4 Å². The highest BCUT2D eigenvalue weighted by atomic mass is 16.4. The molecule has 10 nitrogen and oxygen atoms in total. The van der Waals surface area contributed by atoms with Gasteiger partial charge in [-0.15, -0.1) is 0 Å². The van der Waals surface area contributed by atoms with Crippen LogP contribution in [0.5, 0.6) is 0 Å². The molecule has 6 aromatic rings. The first-order chi connectivity index (χ1) is 25.5. The topological polar surface area (TPSA) is 148 Å². The van der Waals surface area contributed by atoms with Crippen LogP contribution < -0.4 is 5.32 Å². The van der Waals surface area contributed by atoms with Gasteiger partial charge in [-0.1, -0.05) is 24.3 Å². The molecule has 0 bridgehead atoms. The summed E-state index contributed by atoms with van der Waals surface area (Å²) in [5, 5.41) is 34.5. The Morgan fingerprint density at radius 2 is 1.77 bits per heavy atom. The number of aryl methyl sites for hydroxylation is 1. The fourth-order valence-electron chi connectivity index (χ4n) is 7.70. The summed E-state index contributed by atoms with van der Waals surface area (Å²) in [6.07, 6.45) is 8.80. The van der Waals surface area contributed by atoms with Crippen LogP contribution in [-0.2, 0) is 17.8 Å². The predicted octanol–water partition coefficient (Wildman–Crippen LogP) is 8.48. The maximum absolute atomic E-state index is 11.8. The van der Waals surface area contributed by atoms with Crippen molar-refractivity contribution in [2.24, 2.45) is 5.41 Å². The highest BCUT2D eigenvalue weighted by Crippen LogP contribution is 2.40. The van der Waals surface area contributed by atoms with E-state index in [1.807, 2.05) is 48.7 Å². The normalized spacial score (nSPS) is 18.0. The average molecular weight is 707 g/mol. The number of anilines is 2. The number of nitriles is 1. The minimum atomic E-state index is -0.782. The summed E-state index contributed by atoms with van der Waals surface area (Å²) >= 11 is 0. The van der Waals surface area contributed by atoms with Gasteiger partial charge >= 0.3 is 5.97 Å². The Morgan fingerprint density at radius 3 is 2.53 bits per heavy atom. The summed E-state index contributed by atoms with van der Waals surface area (Å²) in [5.41, 5.74) is 8.99. The number of hydrogen-bond acceptors (Lipinski definition) is 9. The maximum Gasteiger partial charge on any atom is 0.310 e. The molecule has 3 aromatic carbocycles. The number of nitrogens with zero attached hydrogens (tertiary/aromatic N) is 5. The molecule has 0 spiro atoms. The lowest BCUT2D eigenvalue weighted by Gasteiger charge is -2.20. The van der Waals surface area contributed by atoms with Gasteiger partial charge in [0.05, 0.1) is 16.6 Å². The number of aromatic nitrogens is 3. The molecule has 1 aliphatic heterocycles. The predicted molar refractivity (Wildman–Crippen MR) is 205 cm³/mol. The van der Waals surface area contributed by atoms with Crippen LogP contribution in [0.2, 0.25) is 0 Å². The number of carbonyl (C=O) groups is 1. The van der Waals surface area contributed by atoms with E-state index in [0.29, 0.717) is 54.4 Å². The minimum Gasteiger partial charge on any atom is -0.481 e. The van der Waals surface area contributed by atoms with Crippen molar-refractivity contribution in [3.05, 3.63) is 101 Å². The highest BCUT2D eigenvalue weighted by Gasteiger charge is 2.40. The number of aliphatic hydroxyl groups is 1. The lowest BCUT2D eigenvalue weighted by atomic mass is 9.90. The Labute approximate surface area is 308 Å². The van der Waals surface area contributed by atoms with Crippen LogP contribution >= 0.6 is 0 Å². The summed E-state index contributed by atoms with van der Waals surface area (Å²) in [5.74, 6) is 0.343. The summed E-state index contributed by atoms with van der Waals surface area (Å²) in [7, 11) is 0. The van der Waals surface area contributed by atoms with Gasteiger partial charge in [0.2, 0.25) is 5.89 Å². The molecule has 8 rings (SSSR count). The molecular formula is C43H42N6O4. The molecule has 3 aromatic heterocycles. The number of oxazole rings is 1. The van der Waals surface area contributed by atoms with Crippen LogP contribution in [0.1, 0.15) is 66.8 Å². The third-order valence-corrected chi connectivity index (χ3v) is 11.2. The Bertz CT molecular complexity index is 2440. The Hall–Kier alpha value is -5.63. The SMILES string of the molecule is Cc1c(Nc2nccc3cc(CCCC4(O)CC4)cnc23)cccc1-c1cccc(-c2nc3cc(CN4CC[C@@](C)(C(=O)O)C4)cc(C#N)c3o2)c1C. The van der Waals surface area contributed by atoms with Crippen LogP contribution in [0.4, 0.5) is 11.5 Å². The van der Waals surface area contributed by atoms with Gasteiger partial charge in [-0.05, 0) is 136 Å². The van der Waals surface area contributed by atoms with Gasteiger partial charge in [0, 0.05) is 42.1 Å². The standard InChI is InChI=1S/C43H42N6O4/c1-26-32(8-4-10-34(26)40-48-36-21-29(20-31(22-44)38(36)53-40)24-49-18-16-42(3,25-49)41(50)51)33-9-5-11-35(27(33)2)47-39-37-30(12-17-45-39)19-28(23-46-37)7-6-13-43(52)14-15-43/h4-5,8-12,17,19-21,23,52H,6-7,13-16,18,24-25H2,1-3H3,(H,45,47)(H,50,51)/t42-/m1/s1. The van der Waals surface area contributed by atoms with Gasteiger partial charge in [0.1, 0.15) is 17.1 Å². The van der Waals surface area contributed by atoms with Crippen molar-refractivity contribution in [2.75, 3.05) is 18.4 Å². The second-order valence-corrected chi connectivity index (χ2v) is 15.2. The third kappa shape index (κ3) is 6.74. The van der Waals surface area contributed by atoms with E-state index in [9.17, 15) is 20.3 Å². The Morgan fingerprint density at radius 1 is 1.00 bits per heavy atom. The van der Waals surface area contributed by atoms with Gasteiger partial charge in [-0.2, -0.15) is 5.26 Å². The van der Waals surface area contributed by atoms with Gasteiger partial charge in [0.25, 0.3) is 0 Å². The summed E-state index contributed by atoms with van der Waals surface area (Å²) < 4.78 is 6.30. The molecule has 268 valence electrons. The largest absolute Gasteiger partial charge is 0.481 e. The highest BCUT2D eigenvalue weighted by molar-refractivity contribution is 5.91. The first kappa shape index (κ1) is 34.5. The Kier molecular flexibility index (Phi) is 8.72. The number of rotatable bonds is 11. The van der Waals surface area contributed by atoms with Crippen LogP contribution in [0, 0.1) is 30.6 Å². The molecule has 3 N–H and O–H groups in total. The Balaban J connectivity index is 1.05. The zero-order chi connectivity index (χ0) is 36.9. The van der Waals surface area contributed by atoms with Gasteiger partial charge in [-0.25, -0.2) is 9.97 Å². The van der Waals surface area contributed by atoms with E-state index >= 15 is 0 Å². The number of carboxylic acids is 1. The van der Waals surface area contributed by atoms with Gasteiger partial charge in [-0.3, -0.25) is 14.7 Å². The second-order valence-electron chi connectivity index (χ2n) is 15.2. The smallest absolute Gasteiger partial charge is 0.310 e. The zero-order valence-electron chi connectivity index (χ0n) is 30.2. The number of pyridine rings is 2. The maximum atomic E-state index is 11.8. The first-order valence-electron chi connectivity index (χ1n) is 18.2. The third-order valence-electron chi connectivity index (χ3n) is 11.2. The molecule has 2 fully saturated rings. The molecule has 2 aliphatic rings.